The third kappa shape index (κ3) is 5.33. The molecule has 0 amide bonds. The summed E-state index contributed by atoms with van der Waals surface area (Å²) in [6, 6.07) is 54.9. The number of fused-ring (bicyclic) bond motifs is 5. The molecule has 3 aliphatic rings. The molecule has 51 heavy (non-hydrogen) atoms. The summed E-state index contributed by atoms with van der Waals surface area (Å²) in [4.78, 5) is 2.87. The zero-order valence-electron chi connectivity index (χ0n) is 29.1. The van der Waals surface area contributed by atoms with Crippen LogP contribution in [0.1, 0.15) is 74.3 Å². The van der Waals surface area contributed by atoms with Gasteiger partial charge in [-0.3, -0.25) is 0 Å². The molecule has 252 valence electrons. The summed E-state index contributed by atoms with van der Waals surface area (Å²) < 4.78 is 9.05. The fraction of sp³-hybridized carbons (Fsp3) is 0.250. The number of anilines is 1. The Labute approximate surface area is 301 Å². The maximum absolute atomic E-state index is 6.61. The van der Waals surface area contributed by atoms with Crippen molar-refractivity contribution < 1.29 is 4.74 Å². The van der Waals surface area contributed by atoms with Crippen LogP contribution in [0.5, 0.6) is 11.5 Å². The van der Waals surface area contributed by atoms with Crippen molar-refractivity contribution in [1.82, 2.24) is 4.57 Å². The third-order valence-corrected chi connectivity index (χ3v) is 12.3. The molecule has 0 saturated heterocycles. The average molecular weight is 665 g/mol. The number of hydrogen-bond acceptors (Lipinski definition) is 2. The molecule has 3 heteroatoms. The second kappa shape index (κ2) is 12.8. The van der Waals surface area contributed by atoms with Crippen molar-refractivity contribution in [3.63, 3.8) is 0 Å². The van der Waals surface area contributed by atoms with Gasteiger partial charge in [0.1, 0.15) is 0 Å². The molecule has 1 aromatic heterocycles. The highest BCUT2D eigenvalue weighted by atomic mass is 16.5. The molecule has 2 saturated carbocycles. The summed E-state index contributed by atoms with van der Waals surface area (Å²) in [6.07, 6.45) is 10.1. The van der Waals surface area contributed by atoms with Crippen LogP contribution in [0.15, 0.2) is 146 Å². The first-order valence-corrected chi connectivity index (χ1v) is 19.1. The number of ether oxygens (including phenoxy) is 1. The van der Waals surface area contributed by atoms with Gasteiger partial charge in [-0.15, -0.1) is 0 Å². The van der Waals surface area contributed by atoms with Crippen molar-refractivity contribution in [2.75, 3.05) is 4.90 Å². The van der Waals surface area contributed by atoms with Gasteiger partial charge >= 0.3 is 0 Å². The van der Waals surface area contributed by atoms with Crippen molar-refractivity contribution >= 4 is 27.5 Å². The summed E-state index contributed by atoms with van der Waals surface area (Å²) >= 11 is 0. The van der Waals surface area contributed by atoms with Gasteiger partial charge in [-0.1, -0.05) is 115 Å². The minimum atomic E-state index is 0.572. The van der Waals surface area contributed by atoms with E-state index in [4.69, 9.17) is 4.74 Å². The van der Waals surface area contributed by atoms with E-state index >= 15 is 0 Å². The fourth-order valence-electron chi connectivity index (χ4n) is 9.85. The van der Waals surface area contributed by atoms with Gasteiger partial charge < -0.3 is 14.2 Å². The molecule has 2 aliphatic carbocycles. The Morgan fingerprint density at radius 1 is 0.471 bits per heavy atom. The van der Waals surface area contributed by atoms with Crippen molar-refractivity contribution in [3.8, 4) is 28.3 Å². The van der Waals surface area contributed by atoms with Crippen LogP contribution in [0.25, 0.3) is 38.6 Å². The van der Waals surface area contributed by atoms with Crippen molar-refractivity contribution in [1.29, 1.82) is 0 Å². The largest absolute Gasteiger partial charge is 0.453 e. The van der Waals surface area contributed by atoms with E-state index in [0.29, 0.717) is 23.9 Å². The number of para-hydroxylation sites is 3. The van der Waals surface area contributed by atoms with Gasteiger partial charge in [0.25, 0.3) is 0 Å². The van der Waals surface area contributed by atoms with E-state index in [9.17, 15) is 0 Å². The van der Waals surface area contributed by atoms with Crippen LogP contribution in [-0.4, -0.2) is 16.7 Å². The Balaban J connectivity index is 0.991. The SMILES string of the molecule is c1ccc(C2CCC(N(c3ccc(-c4cccc5c4-n4c6ccccc6c6cccc(c64)O5)cc3)C3CCC(c4ccccc4)CC3)CC2)cc1. The molecule has 0 atom stereocenters. The maximum Gasteiger partial charge on any atom is 0.152 e. The Hall–Kier alpha value is -5.28. The van der Waals surface area contributed by atoms with Crippen molar-refractivity contribution in [2.24, 2.45) is 0 Å². The van der Waals surface area contributed by atoms with E-state index in [1.807, 2.05) is 0 Å². The standard InChI is InChI=1S/C48H44N2O/c1-3-11-33(12-4-1)35-21-27-38(28-22-35)49(39-29-23-36(24-30-39)34-13-5-2-6-14-34)40-31-25-37(26-32-40)41-16-9-19-45-47(41)50-44-18-8-7-15-42(44)43-17-10-20-46(51-45)48(43)50/h1-20,25-26,31-32,35-36,38-39H,21-24,27-30H2. The average Bonchev–Trinajstić information content (AvgIpc) is 3.55. The first-order chi connectivity index (χ1) is 25.3. The highest BCUT2D eigenvalue weighted by Crippen LogP contribution is 2.49. The van der Waals surface area contributed by atoms with Crippen LogP contribution in [-0.2, 0) is 0 Å². The van der Waals surface area contributed by atoms with Gasteiger partial charge in [-0.2, -0.15) is 0 Å². The van der Waals surface area contributed by atoms with Gasteiger partial charge in [0.05, 0.1) is 16.7 Å². The van der Waals surface area contributed by atoms with E-state index in [1.54, 1.807) is 0 Å². The minimum absolute atomic E-state index is 0.572. The zero-order chi connectivity index (χ0) is 33.7. The molecule has 0 N–H and O–H groups in total. The molecule has 3 nitrogen and oxygen atoms in total. The number of nitrogens with zero attached hydrogens (tertiary/aromatic N) is 2. The Kier molecular flexibility index (Phi) is 7.66. The van der Waals surface area contributed by atoms with Crippen LogP contribution in [0.4, 0.5) is 5.69 Å². The highest BCUT2D eigenvalue weighted by Gasteiger charge is 2.34. The Morgan fingerprint density at radius 3 is 1.67 bits per heavy atom. The molecule has 0 radical (unpaired) electrons. The molecule has 0 unspecified atom stereocenters. The van der Waals surface area contributed by atoms with E-state index in [0.717, 1.165) is 22.7 Å². The Morgan fingerprint density at radius 2 is 1.02 bits per heavy atom. The van der Waals surface area contributed by atoms with Crippen LogP contribution in [0.2, 0.25) is 0 Å². The van der Waals surface area contributed by atoms with Crippen LogP contribution < -0.4 is 9.64 Å². The fourth-order valence-corrected chi connectivity index (χ4v) is 9.85. The summed E-state index contributed by atoms with van der Waals surface area (Å²) in [5, 5.41) is 2.49. The highest BCUT2D eigenvalue weighted by molar-refractivity contribution is 6.12. The molecule has 1 aliphatic heterocycles. The van der Waals surface area contributed by atoms with Crippen LogP contribution in [0, 0.1) is 0 Å². The lowest BCUT2D eigenvalue weighted by Gasteiger charge is -2.45. The second-order valence-corrected chi connectivity index (χ2v) is 15.0. The van der Waals surface area contributed by atoms with E-state index in [-0.39, 0.29) is 0 Å². The van der Waals surface area contributed by atoms with Gasteiger partial charge in [0.2, 0.25) is 0 Å². The van der Waals surface area contributed by atoms with Crippen molar-refractivity contribution in [2.45, 2.75) is 75.3 Å². The predicted octanol–water partition coefficient (Wildman–Crippen LogP) is 12.8. The van der Waals surface area contributed by atoms with Crippen LogP contribution >= 0.6 is 0 Å². The molecule has 2 heterocycles. The maximum atomic E-state index is 6.61. The first kappa shape index (κ1) is 30.5. The second-order valence-electron chi connectivity index (χ2n) is 15.0. The predicted molar refractivity (Wildman–Crippen MR) is 212 cm³/mol. The number of hydrogen-bond donors (Lipinski definition) is 0. The van der Waals surface area contributed by atoms with Crippen LogP contribution in [0.3, 0.4) is 0 Å². The minimum Gasteiger partial charge on any atom is -0.453 e. The number of rotatable bonds is 6. The first-order valence-electron chi connectivity index (χ1n) is 19.1. The molecule has 2 fully saturated rings. The molecule has 6 aromatic carbocycles. The van der Waals surface area contributed by atoms with Gasteiger partial charge in [0.15, 0.2) is 11.5 Å². The third-order valence-electron chi connectivity index (χ3n) is 12.3. The number of aromatic nitrogens is 1. The quantitative estimate of drug-likeness (QED) is 0.176. The zero-order valence-corrected chi connectivity index (χ0v) is 29.1. The topological polar surface area (TPSA) is 17.4 Å². The molecule has 0 spiro atoms. The lowest BCUT2D eigenvalue weighted by molar-refractivity contribution is 0.310. The summed E-state index contributed by atoms with van der Waals surface area (Å²) in [5.41, 5.74) is 10.3. The molecule has 0 bridgehead atoms. The monoisotopic (exact) mass is 664 g/mol. The molecule has 10 rings (SSSR count). The molecule has 7 aromatic rings. The summed E-state index contributed by atoms with van der Waals surface area (Å²) in [7, 11) is 0. The summed E-state index contributed by atoms with van der Waals surface area (Å²) in [6.45, 7) is 0. The van der Waals surface area contributed by atoms with Gasteiger partial charge in [-0.05, 0) is 110 Å². The van der Waals surface area contributed by atoms with E-state index in [1.165, 1.54) is 95.6 Å². The lowest BCUT2D eigenvalue weighted by atomic mass is 9.78. The molecular weight excluding hydrogens is 621 g/mol. The lowest BCUT2D eigenvalue weighted by Crippen LogP contribution is -2.46. The van der Waals surface area contributed by atoms with E-state index in [2.05, 4.69) is 155 Å². The van der Waals surface area contributed by atoms with Crippen molar-refractivity contribution in [3.05, 3.63) is 157 Å². The Bertz CT molecular complexity index is 2250. The molecular formula is C48H44N2O. The number of benzene rings is 6. The summed E-state index contributed by atoms with van der Waals surface area (Å²) in [5.74, 6) is 3.18. The van der Waals surface area contributed by atoms with Gasteiger partial charge in [-0.25, -0.2) is 0 Å². The van der Waals surface area contributed by atoms with Gasteiger partial charge in [0, 0.05) is 34.1 Å². The normalized spacial score (nSPS) is 21.3. The smallest absolute Gasteiger partial charge is 0.152 e. The van der Waals surface area contributed by atoms with E-state index < -0.39 is 0 Å².